The summed E-state index contributed by atoms with van der Waals surface area (Å²) in [7, 11) is 0. The molecule has 3 nitrogen and oxygen atoms in total. The monoisotopic (exact) mass is 172 g/mol. The highest BCUT2D eigenvalue weighted by molar-refractivity contribution is 4.75. The normalized spacial score (nSPS) is 26.0. The summed E-state index contributed by atoms with van der Waals surface area (Å²) in [5.41, 5.74) is 0. The maximum Gasteiger partial charge on any atom is 0.0634 e. The Hall–Kier alpha value is -0.120. The van der Waals surface area contributed by atoms with Crippen LogP contribution in [0.3, 0.4) is 0 Å². The first-order valence-electron chi connectivity index (χ1n) is 4.91. The maximum atomic E-state index is 5.43. The third-order valence-corrected chi connectivity index (χ3v) is 2.39. The molecule has 0 aromatic heterocycles. The van der Waals surface area contributed by atoms with E-state index in [1.54, 1.807) is 0 Å². The summed E-state index contributed by atoms with van der Waals surface area (Å²) < 4.78 is 5.43. The zero-order chi connectivity index (χ0) is 8.81. The lowest BCUT2D eigenvalue weighted by atomic mass is 10.2. The van der Waals surface area contributed by atoms with Crippen LogP contribution in [0.1, 0.15) is 13.8 Å². The Kier molecular flexibility index (Phi) is 4.58. The molecule has 0 aliphatic carbocycles. The average Bonchev–Trinajstić information content (AvgIpc) is 2.15. The van der Waals surface area contributed by atoms with E-state index in [0.717, 1.165) is 39.4 Å². The van der Waals surface area contributed by atoms with E-state index >= 15 is 0 Å². The van der Waals surface area contributed by atoms with Gasteiger partial charge in [0.05, 0.1) is 13.2 Å². The second kappa shape index (κ2) is 5.51. The summed E-state index contributed by atoms with van der Waals surface area (Å²) in [4.78, 5) is 2.48. The van der Waals surface area contributed by atoms with Crippen LogP contribution in [0, 0.1) is 0 Å². The summed E-state index contributed by atoms with van der Waals surface area (Å²) in [6, 6.07) is 0.587. The van der Waals surface area contributed by atoms with Gasteiger partial charge in [-0.25, -0.2) is 0 Å². The zero-order valence-electron chi connectivity index (χ0n) is 8.18. The molecule has 1 rings (SSSR count). The minimum absolute atomic E-state index is 0.587. The highest BCUT2D eigenvalue weighted by atomic mass is 16.5. The Morgan fingerprint density at radius 1 is 1.50 bits per heavy atom. The van der Waals surface area contributed by atoms with E-state index in [1.165, 1.54) is 0 Å². The molecule has 1 atom stereocenters. The number of morpholine rings is 1. The molecule has 0 aromatic rings. The molecule has 1 N–H and O–H groups in total. The zero-order valence-corrected chi connectivity index (χ0v) is 8.18. The lowest BCUT2D eigenvalue weighted by Crippen LogP contribution is -2.50. The van der Waals surface area contributed by atoms with Crippen molar-refractivity contribution < 1.29 is 4.74 Å². The van der Waals surface area contributed by atoms with Crippen LogP contribution in [0.25, 0.3) is 0 Å². The largest absolute Gasteiger partial charge is 0.378 e. The van der Waals surface area contributed by atoms with Gasteiger partial charge in [0.15, 0.2) is 0 Å². The van der Waals surface area contributed by atoms with E-state index in [-0.39, 0.29) is 0 Å². The molecule has 0 unspecified atom stereocenters. The predicted octanol–water partition coefficient (Wildman–Crippen LogP) is 0.317. The number of nitrogens with zero attached hydrogens (tertiary/aromatic N) is 1. The Morgan fingerprint density at radius 3 is 3.00 bits per heavy atom. The van der Waals surface area contributed by atoms with Crippen molar-refractivity contribution in [2.24, 2.45) is 0 Å². The third-order valence-electron chi connectivity index (χ3n) is 2.39. The molecule has 0 radical (unpaired) electrons. The predicted molar refractivity (Wildman–Crippen MR) is 50.4 cm³/mol. The molecule has 1 aliphatic heterocycles. The van der Waals surface area contributed by atoms with Gasteiger partial charge in [0.2, 0.25) is 0 Å². The summed E-state index contributed by atoms with van der Waals surface area (Å²) in [6.45, 7) is 10.5. The quantitative estimate of drug-likeness (QED) is 0.661. The average molecular weight is 172 g/mol. The van der Waals surface area contributed by atoms with Gasteiger partial charge in [0.1, 0.15) is 0 Å². The van der Waals surface area contributed by atoms with Crippen molar-refractivity contribution in [1.29, 1.82) is 0 Å². The summed E-state index contributed by atoms with van der Waals surface area (Å²) in [5.74, 6) is 0. The SMILES string of the molecule is CCNC[C@@H]1COCCN1CC. The van der Waals surface area contributed by atoms with Crippen molar-refractivity contribution in [2.75, 3.05) is 39.4 Å². The van der Waals surface area contributed by atoms with Gasteiger partial charge >= 0.3 is 0 Å². The fourth-order valence-corrected chi connectivity index (χ4v) is 1.60. The number of rotatable bonds is 4. The van der Waals surface area contributed by atoms with Gasteiger partial charge in [0, 0.05) is 19.1 Å². The molecule has 1 fully saturated rings. The molecule has 72 valence electrons. The molecule has 0 aromatic carbocycles. The van der Waals surface area contributed by atoms with Gasteiger partial charge in [-0.3, -0.25) is 4.90 Å². The number of likely N-dealkylation sites (N-methyl/N-ethyl adjacent to an activating group) is 2. The molecule has 0 spiro atoms. The highest BCUT2D eigenvalue weighted by Gasteiger charge is 2.20. The van der Waals surface area contributed by atoms with Crippen LogP contribution in [-0.2, 0) is 4.74 Å². The van der Waals surface area contributed by atoms with E-state index in [2.05, 4.69) is 24.1 Å². The van der Waals surface area contributed by atoms with Crippen molar-refractivity contribution in [1.82, 2.24) is 10.2 Å². The van der Waals surface area contributed by atoms with Crippen LogP contribution >= 0.6 is 0 Å². The van der Waals surface area contributed by atoms with Gasteiger partial charge in [-0.2, -0.15) is 0 Å². The lowest BCUT2D eigenvalue weighted by Gasteiger charge is -2.34. The highest BCUT2D eigenvalue weighted by Crippen LogP contribution is 2.04. The van der Waals surface area contributed by atoms with Gasteiger partial charge in [-0.15, -0.1) is 0 Å². The fourth-order valence-electron chi connectivity index (χ4n) is 1.60. The molecule has 0 bridgehead atoms. The summed E-state index contributed by atoms with van der Waals surface area (Å²) in [6.07, 6.45) is 0. The molecule has 3 heteroatoms. The van der Waals surface area contributed by atoms with Gasteiger partial charge in [-0.05, 0) is 13.1 Å². The fraction of sp³-hybridized carbons (Fsp3) is 1.00. The molecule has 12 heavy (non-hydrogen) atoms. The Morgan fingerprint density at radius 2 is 2.33 bits per heavy atom. The topological polar surface area (TPSA) is 24.5 Å². The molecule has 0 amide bonds. The van der Waals surface area contributed by atoms with E-state index in [1.807, 2.05) is 0 Å². The van der Waals surface area contributed by atoms with Crippen LogP contribution < -0.4 is 5.32 Å². The van der Waals surface area contributed by atoms with E-state index in [9.17, 15) is 0 Å². The molecule has 0 saturated carbocycles. The first-order valence-corrected chi connectivity index (χ1v) is 4.91. The second-order valence-electron chi connectivity index (χ2n) is 3.17. The van der Waals surface area contributed by atoms with Crippen LogP contribution in [0.2, 0.25) is 0 Å². The van der Waals surface area contributed by atoms with Crippen molar-refractivity contribution in [3.8, 4) is 0 Å². The van der Waals surface area contributed by atoms with E-state index in [0.29, 0.717) is 6.04 Å². The van der Waals surface area contributed by atoms with Gasteiger partial charge in [0.25, 0.3) is 0 Å². The number of ether oxygens (including phenoxy) is 1. The van der Waals surface area contributed by atoms with Crippen molar-refractivity contribution in [2.45, 2.75) is 19.9 Å². The van der Waals surface area contributed by atoms with Gasteiger partial charge < -0.3 is 10.1 Å². The molecular formula is C9H20N2O. The minimum atomic E-state index is 0.587. The number of hydrogen-bond acceptors (Lipinski definition) is 3. The lowest BCUT2D eigenvalue weighted by molar-refractivity contribution is -0.00394. The van der Waals surface area contributed by atoms with Crippen LogP contribution in [0.5, 0.6) is 0 Å². The standard InChI is InChI=1S/C9H20N2O/c1-3-10-7-9-8-12-6-5-11(9)4-2/h9-10H,3-8H2,1-2H3/t9-/m1/s1. The number of hydrogen-bond donors (Lipinski definition) is 1. The van der Waals surface area contributed by atoms with Crippen molar-refractivity contribution >= 4 is 0 Å². The first-order chi connectivity index (χ1) is 5.88. The number of nitrogens with one attached hydrogen (secondary N) is 1. The van der Waals surface area contributed by atoms with Gasteiger partial charge in [-0.1, -0.05) is 13.8 Å². The third kappa shape index (κ3) is 2.73. The Bertz CT molecular complexity index is 119. The van der Waals surface area contributed by atoms with Crippen LogP contribution in [0.15, 0.2) is 0 Å². The molecule has 1 aliphatic rings. The summed E-state index contributed by atoms with van der Waals surface area (Å²) >= 11 is 0. The molecule has 1 saturated heterocycles. The van der Waals surface area contributed by atoms with Crippen LogP contribution in [0.4, 0.5) is 0 Å². The first kappa shape index (κ1) is 9.96. The molecule has 1 heterocycles. The Balaban J connectivity index is 2.26. The van der Waals surface area contributed by atoms with Crippen molar-refractivity contribution in [3.05, 3.63) is 0 Å². The van der Waals surface area contributed by atoms with E-state index < -0.39 is 0 Å². The maximum absolute atomic E-state index is 5.43. The summed E-state index contributed by atoms with van der Waals surface area (Å²) in [5, 5.41) is 3.36. The second-order valence-corrected chi connectivity index (χ2v) is 3.17. The molecular weight excluding hydrogens is 152 g/mol. The Labute approximate surface area is 75.1 Å². The van der Waals surface area contributed by atoms with Crippen molar-refractivity contribution in [3.63, 3.8) is 0 Å². The van der Waals surface area contributed by atoms with Crippen LogP contribution in [-0.4, -0.2) is 50.3 Å². The van der Waals surface area contributed by atoms with E-state index in [4.69, 9.17) is 4.74 Å². The smallest absolute Gasteiger partial charge is 0.0634 e. The minimum Gasteiger partial charge on any atom is -0.378 e.